The van der Waals surface area contributed by atoms with E-state index in [1.54, 1.807) is 0 Å². The summed E-state index contributed by atoms with van der Waals surface area (Å²) in [7, 11) is 0. The topological polar surface area (TPSA) is 95.9 Å². The molecule has 0 aromatic rings. The molecule has 0 heterocycles. The lowest BCUT2D eigenvalue weighted by Gasteiger charge is -2.22. The molecule has 0 radical (unpaired) electrons. The average Bonchev–Trinajstić information content (AvgIpc) is 3.53. The van der Waals surface area contributed by atoms with Crippen LogP contribution >= 0.6 is 0 Å². The molecular weight excluding hydrogens is 1040 g/mol. The third kappa shape index (κ3) is 71.3. The summed E-state index contributed by atoms with van der Waals surface area (Å²) in [4.78, 5) is 24.6. The van der Waals surface area contributed by atoms with Crippen LogP contribution in [0.3, 0.4) is 0 Å². The normalized spacial score (nSPS) is 12.6. The quantitative estimate of drug-likeness (QED) is 0.0320. The first-order chi connectivity index (χ1) is 42.0. The van der Waals surface area contributed by atoms with Crippen LogP contribution in [-0.4, -0.2) is 47.4 Å². The minimum Gasteiger partial charge on any atom is -0.466 e. The molecular formula is C79H153NO5. The number of unbranched alkanes of at least 4 members (excludes halogenated alkanes) is 59. The summed E-state index contributed by atoms with van der Waals surface area (Å²) < 4.78 is 5.48. The summed E-state index contributed by atoms with van der Waals surface area (Å²) >= 11 is 0. The van der Waals surface area contributed by atoms with Crippen LogP contribution in [0.25, 0.3) is 0 Å². The highest BCUT2D eigenvalue weighted by molar-refractivity contribution is 5.76. The van der Waals surface area contributed by atoms with Crippen molar-refractivity contribution in [3.63, 3.8) is 0 Å². The zero-order valence-electron chi connectivity index (χ0n) is 57.9. The molecule has 2 atom stereocenters. The minimum atomic E-state index is -0.663. The molecule has 3 N–H and O–H groups in total. The molecule has 85 heavy (non-hydrogen) atoms. The fourth-order valence-electron chi connectivity index (χ4n) is 12.6. The molecule has 0 aliphatic carbocycles. The zero-order chi connectivity index (χ0) is 61.3. The number of aliphatic hydroxyl groups is 2. The summed E-state index contributed by atoms with van der Waals surface area (Å²) in [5.41, 5.74) is 0. The molecule has 1 amide bonds. The van der Waals surface area contributed by atoms with E-state index in [0.29, 0.717) is 25.9 Å². The lowest BCUT2D eigenvalue weighted by atomic mass is 10.0. The number of ether oxygens (including phenoxy) is 1. The van der Waals surface area contributed by atoms with Gasteiger partial charge in [0.1, 0.15) is 0 Å². The summed E-state index contributed by atoms with van der Waals surface area (Å²) in [5.74, 6) is -0.00908. The van der Waals surface area contributed by atoms with Gasteiger partial charge in [0.05, 0.1) is 25.4 Å². The number of hydrogen-bond acceptors (Lipinski definition) is 5. The molecule has 0 aliphatic heterocycles. The Balaban J connectivity index is 3.37. The fraction of sp³-hybridized carbons (Fsp3) is 0.924. The highest BCUT2D eigenvalue weighted by Gasteiger charge is 2.20. The van der Waals surface area contributed by atoms with Gasteiger partial charge in [-0.2, -0.15) is 0 Å². The van der Waals surface area contributed by atoms with Crippen molar-refractivity contribution in [3.05, 3.63) is 24.3 Å². The number of allylic oxidation sites excluding steroid dienone is 4. The van der Waals surface area contributed by atoms with E-state index in [1.807, 2.05) is 0 Å². The van der Waals surface area contributed by atoms with Crippen molar-refractivity contribution in [1.82, 2.24) is 5.32 Å². The Bertz CT molecular complexity index is 1330. The maximum atomic E-state index is 12.6. The van der Waals surface area contributed by atoms with Crippen LogP contribution in [-0.2, 0) is 14.3 Å². The number of esters is 1. The molecule has 2 unspecified atom stereocenters. The van der Waals surface area contributed by atoms with Crippen LogP contribution in [0.15, 0.2) is 24.3 Å². The molecule has 0 fully saturated rings. The SMILES string of the molecule is CCCCCCCCCCCCCCCCCCCCCCCC(O)C(CO)NC(=O)CCCCCCCCCCCCCCCCCCC/C=C\C/C=C\CCCCCCCCCCCCCOC(=O)CCCCCCCCCCCCCC. The summed E-state index contributed by atoms with van der Waals surface area (Å²) in [6, 6.07) is -0.540. The molecule has 0 aromatic heterocycles. The molecule has 0 rings (SSSR count). The third-order valence-electron chi connectivity index (χ3n) is 18.5. The lowest BCUT2D eigenvalue weighted by molar-refractivity contribution is -0.143. The molecule has 6 heteroatoms. The third-order valence-corrected chi connectivity index (χ3v) is 18.5. The van der Waals surface area contributed by atoms with Crippen molar-refractivity contribution in [2.75, 3.05) is 13.2 Å². The van der Waals surface area contributed by atoms with Crippen LogP contribution in [0.2, 0.25) is 0 Å². The van der Waals surface area contributed by atoms with Gasteiger partial charge in [0.25, 0.3) is 0 Å². The number of nitrogens with one attached hydrogen (secondary N) is 1. The van der Waals surface area contributed by atoms with Crippen molar-refractivity contribution in [2.24, 2.45) is 0 Å². The van der Waals surface area contributed by atoms with E-state index in [1.165, 1.54) is 366 Å². The van der Waals surface area contributed by atoms with Gasteiger partial charge in [0, 0.05) is 12.8 Å². The Hall–Kier alpha value is -1.66. The van der Waals surface area contributed by atoms with Gasteiger partial charge in [-0.15, -0.1) is 0 Å². The monoisotopic (exact) mass is 1200 g/mol. The van der Waals surface area contributed by atoms with Gasteiger partial charge in [-0.1, -0.05) is 398 Å². The van der Waals surface area contributed by atoms with Crippen LogP contribution in [0.1, 0.15) is 444 Å². The highest BCUT2D eigenvalue weighted by Crippen LogP contribution is 2.20. The van der Waals surface area contributed by atoms with Gasteiger partial charge >= 0.3 is 5.97 Å². The largest absolute Gasteiger partial charge is 0.466 e. The summed E-state index contributed by atoms with van der Waals surface area (Å²) in [5, 5.41) is 23.4. The molecule has 6 nitrogen and oxygen atoms in total. The van der Waals surface area contributed by atoms with Crippen LogP contribution < -0.4 is 5.32 Å². The smallest absolute Gasteiger partial charge is 0.305 e. The zero-order valence-corrected chi connectivity index (χ0v) is 57.9. The number of carbonyl (C=O) groups is 2. The van der Waals surface area contributed by atoms with Crippen molar-refractivity contribution in [2.45, 2.75) is 456 Å². The summed E-state index contributed by atoms with van der Waals surface area (Å²) in [6.07, 6.45) is 95.5. The van der Waals surface area contributed by atoms with Gasteiger partial charge in [0.15, 0.2) is 0 Å². The van der Waals surface area contributed by atoms with E-state index < -0.39 is 12.1 Å². The number of amides is 1. The Morgan fingerprint density at radius 1 is 0.329 bits per heavy atom. The minimum absolute atomic E-state index is 0.0183. The van der Waals surface area contributed by atoms with E-state index in [-0.39, 0.29) is 18.5 Å². The van der Waals surface area contributed by atoms with Gasteiger partial charge in [-0.25, -0.2) is 0 Å². The predicted molar refractivity (Wildman–Crippen MR) is 375 cm³/mol. The summed E-state index contributed by atoms with van der Waals surface area (Å²) in [6.45, 7) is 5.00. The van der Waals surface area contributed by atoms with Crippen molar-refractivity contribution in [3.8, 4) is 0 Å². The molecule has 0 aromatic carbocycles. The first kappa shape index (κ1) is 83.3. The number of carbonyl (C=O) groups excluding carboxylic acids is 2. The van der Waals surface area contributed by atoms with Crippen molar-refractivity contribution in [1.29, 1.82) is 0 Å². The van der Waals surface area contributed by atoms with E-state index in [0.717, 1.165) is 44.9 Å². The van der Waals surface area contributed by atoms with Crippen LogP contribution in [0.5, 0.6) is 0 Å². The number of hydrogen-bond donors (Lipinski definition) is 3. The lowest BCUT2D eigenvalue weighted by Crippen LogP contribution is -2.45. The fourth-order valence-corrected chi connectivity index (χ4v) is 12.6. The Morgan fingerprint density at radius 3 is 0.894 bits per heavy atom. The van der Waals surface area contributed by atoms with Crippen LogP contribution in [0, 0.1) is 0 Å². The van der Waals surface area contributed by atoms with Gasteiger partial charge < -0.3 is 20.3 Å². The number of aliphatic hydroxyl groups excluding tert-OH is 2. The molecule has 0 saturated heterocycles. The second kappa shape index (κ2) is 74.8. The van der Waals surface area contributed by atoms with Crippen LogP contribution in [0.4, 0.5) is 0 Å². The second-order valence-corrected chi connectivity index (χ2v) is 27.0. The maximum absolute atomic E-state index is 12.6. The van der Waals surface area contributed by atoms with E-state index >= 15 is 0 Å². The Morgan fingerprint density at radius 2 is 0.588 bits per heavy atom. The van der Waals surface area contributed by atoms with Crippen molar-refractivity contribution >= 4 is 11.9 Å². The highest BCUT2D eigenvalue weighted by atomic mass is 16.5. The molecule has 0 saturated carbocycles. The standard InChI is InChI=1S/C79H153NO5/c1-3-5-7-9-11-13-15-17-18-19-20-36-39-42-45-48-51-55-59-63-67-71-77(82)76(75-81)80-78(83)72-68-64-60-56-52-49-46-43-40-37-34-32-30-28-26-24-22-21-23-25-27-29-31-33-35-38-41-44-47-50-54-58-62-66-70-74-85-79(84)73-69-65-61-57-53-16-14-12-10-8-6-4-2/h23,25,29,31,76-77,81-82H,3-22,24,26-28,30,32-75H2,1-2H3,(H,80,83)/b25-23-,31-29-. The first-order valence-corrected chi connectivity index (χ1v) is 39.1. The van der Waals surface area contributed by atoms with Crippen molar-refractivity contribution < 1.29 is 24.5 Å². The maximum Gasteiger partial charge on any atom is 0.305 e. The van der Waals surface area contributed by atoms with E-state index in [9.17, 15) is 19.8 Å². The van der Waals surface area contributed by atoms with E-state index in [2.05, 4.69) is 43.5 Å². The first-order valence-electron chi connectivity index (χ1n) is 39.1. The average molecular weight is 1200 g/mol. The molecule has 504 valence electrons. The Labute approximate surface area is 532 Å². The van der Waals surface area contributed by atoms with E-state index in [4.69, 9.17) is 4.74 Å². The second-order valence-electron chi connectivity index (χ2n) is 27.0. The van der Waals surface area contributed by atoms with Gasteiger partial charge in [-0.05, 0) is 57.8 Å². The molecule has 0 aliphatic rings. The molecule has 0 bridgehead atoms. The molecule has 0 spiro atoms. The van der Waals surface area contributed by atoms with Gasteiger partial charge in [0.2, 0.25) is 5.91 Å². The Kier molecular flexibility index (Phi) is 73.3. The predicted octanol–water partition coefficient (Wildman–Crippen LogP) is 25.7. The number of rotatable bonds is 74. The van der Waals surface area contributed by atoms with Gasteiger partial charge in [-0.3, -0.25) is 9.59 Å².